The first-order valence-electron chi connectivity index (χ1n) is 7.16. The Labute approximate surface area is 146 Å². The lowest BCUT2D eigenvalue weighted by Gasteiger charge is -2.16. The zero-order valence-electron chi connectivity index (χ0n) is 12.1. The average molecular weight is 424 g/mol. The standard InChI is InChI=1S/C17H14FIN2O2/c18-12-5-7-13(8-6-12)21-10-11(9-16(21)22)17(23)20-15-4-2-1-3-14(15)19/h1-8,11H,9-10H2,(H,20,23)/t11-/m1/s1. The lowest BCUT2D eigenvalue weighted by Crippen LogP contribution is -2.28. The Morgan fingerprint density at radius 1 is 1.17 bits per heavy atom. The third kappa shape index (κ3) is 3.52. The summed E-state index contributed by atoms with van der Waals surface area (Å²) in [6, 6.07) is 13.2. The van der Waals surface area contributed by atoms with Crippen LogP contribution >= 0.6 is 22.6 Å². The number of anilines is 2. The minimum absolute atomic E-state index is 0.125. The Balaban J connectivity index is 1.71. The highest BCUT2D eigenvalue weighted by Crippen LogP contribution is 2.27. The molecule has 1 aliphatic rings. The van der Waals surface area contributed by atoms with E-state index in [4.69, 9.17) is 0 Å². The second-order valence-electron chi connectivity index (χ2n) is 5.35. The molecular weight excluding hydrogens is 410 g/mol. The molecule has 3 rings (SSSR count). The predicted octanol–water partition coefficient (Wildman–Crippen LogP) is 3.42. The minimum atomic E-state index is -0.413. The van der Waals surface area contributed by atoms with Crippen LogP contribution in [0.5, 0.6) is 0 Å². The molecule has 2 aromatic rings. The lowest BCUT2D eigenvalue weighted by atomic mass is 10.1. The molecule has 0 spiro atoms. The fourth-order valence-electron chi connectivity index (χ4n) is 2.55. The molecule has 1 saturated heterocycles. The molecule has 0 radical (unpaired) electrons. The number of benzene rings is 2. The van der Waals surface area contributed by atoms with Gasteiger partial charge in [0.05, 0.1) is 11.6 Å². The molecular formula is C17H14FIN2O2. The quantitative estimate of drug-likeness (QED) is 0.768. The van der Waals surface area contributed by atoms with E-state index in [9.17, 15) is 14.0 Å². The van der Waals surface area contributed by atoms with Gasteiger partial charge in [-0.05, 0) is 59.0 Å². The molecule has 2 aromatic carbocycles. The third-order valence-electron chi connectivity index (χ3n) is 3.77. The van der Waals surface area contributed by atoms with Crippen molar-refractivity contribution >= 4 is 45.8 Å². The van der Waals surface area contributed by atoms with Gasteiger partial charge >= 0.3 is 0 Å². The summed E-state index contributed by atoms with van der Waals surface area (Å²) in [5.74, 6) is -1.07. The zero-order chi connectivity index (χ0) is 16.4. The molecule has 1 N–H and O–H groups in total. The van der Waals surface area contributed by atoms with Crippen LogP contribution in [0.2, 0.25) is 0 Å². The summed E-state index contributed by atoms with van der Waals surface area (Å²) in [5.41, 5.74) is 1.35. The van der Waals surface area contributed by atoms with E-state index in [1.165, 1.54) is 17.0 Å². The lowest BCUT2D eigenvalue weighted by molar-refractivity contribution is -0.122. The smallest absolute Gasteiger partial charge is 0.229 e. The average Bonchev–Trinajstić information content (AvgIpc) is 2.92. The molecule has 0 bridgehead atoms. The number of carbonyl (C=O) groups excluding carboxylic acids is 2. The van der Waals surface area contributed by atoms with Gasteiger partial charge in [-0.2, -0.15) is 0 Å². The van der Waals surface area contributed by atoms with Crippen molar-refractivity contribution in [2.45, 2.75) is 6.42 Å². The maximum atomic E-state index is 13.0. The molecule has 1 atom stereocenters. The monoisotopic (exact) mass is 424 g/mol. The minimum Gasteiger partial charge on any atom is -0.325 e. The summed E-state index contributed by atoms with van der Waals surface area (Å²) in [5, 5.41) is 2.87. The van der Waals surface area contributed by atoms with Crippen molar-refractivity contribution in [2.24, 2.45) is 5.92 Å². The van der Waals surface area contributed by atoms with E-state index >= 15 is 0 Å². The van der Waals surface area contributed by atoms with Crippen LogP contribution in [0.25, 0.3) is 0 Å². The van der Waals surface area contributed by atoms with Crippen LogP contribution in [0.3, 0.4) is 0 Å². The molecule has 23 heavy (non-hydrogen) atoms. The number of hydrogen-bond donors (Lipinski definition) is 1. The number of halogens is 2. The second-order valence-corrected chi connectivity index (χ2v) is 6.51. The number of rotatable bonds is 3. The number of hydrogen-bond acceptors (Lipinski definition) is 2. The Morgan fingerprint density at radius 2 is 1.87 bits per heavy atom. The summed E-state index contributed by atoms with van der Waals surface area (Å²) < 4.78 is 13.9. The van der Waals surface area contributed by atoms with E-state index in [1.807, 2.05) is 24.3 Å². The number of amides is 2. The van der Waals surface area contributed by atoms with Gasteiger partial charge in [0.2, 0.25) is 11.8 Å². The van der Waals surface area contributed by atoms with Gasteiger partial charge in [-0.3, -0.25) is 9.59 Å². The number of carbonyl (C=O) groups is 2. The Morgan fingerprint density at radius 3 is 2.57 bits per heavy atom. The molecule has 1 aliphatic heterocycles. The van der Waals surface area contributed by atoms with E-state index in [-0.39, 0.29) is 24.1 Å². The van der Waals surface area contributed by atoms with Gasteiger partial charge in [0.1, 0.15) is 5.82 Å². The highest BCUT2D eigenvalue weighted by atomic mass is 127. The second kappa shape index (κ2) is 6.66. The summed E-state index contributed by atoms with van der Waals surface area (Å²) in [7, 11) is 0. The van der Waals surface area contributed by atoms with Gasteiger partial charge in [-0.25, -0.2) is 4.39 Å². The molecule has 4 nitrogen and oxygen atoms in total. The molecule has 0 saturated carbocycles. The molecule has 0 aliphatic carbocycles. The molecule has 6 heteroatoms. The van der Waals surface area contributed by atoms with Crippen molar-refractivity contribution in [1.82, 2.24) is 0 Å². The van der Waals surface area contributed by atoms with Crippen molar-refractivity contribution in [2.75, 3.05) is 16.8 Å². The Kier molecular flexibility index (Phi) is 4.61. The fraction of sp³-hybridized carbons (Fsp3) is 0.176. The van der Waals surface area contributed by atoms with Crippen LogP contribution in [-0.4, -0.2) is 18.4 Å². The van der Waals surface area contributed by atoms with Crippen LogP contribution < -0.4 is 10.2 Å². The summed E-state index contributed by atoms with van der Waals surface area (Å²) in [4.78, 5) is 26.1. The Bertz CT molecular complexity index is 749. The van der Waals surface area contributed by atoms with E-state index in [2.05, 4.69) is 27.9 Å². The first-order valence-corrected chi connectivity index (χ1v) is 8.24. The van der Waals surface area contributed by atoms with Crippen LogP contribution in [0.15, 0.2) is 48.5 Å². The molecule has 0 unspecified atom stereocenters. The normalized spacial score (nSPS) is 17.4. The van der Waals surface area contributed by atoms with E-state index in [0.717, 1.165) is 9.26 Å². The zero-order valence-corrected chi connectivity index (χ0v) is 14.3. The van der Waals surface area contributed by atoms with Crippen molar-refractivity contribution in [1.29, 1.82) is 0 Å². The van der Waals surface area contributed by atoms with Gasteiger partial charge in [0.25, 0.3) is 0 Å². The van der Waals surface area contributed by atoms with E-state index in [1.54, 1.807) is 12.1 Å². The third-order valence-corrected chi connectivity index (χ3v) is 4.71. The molecule has 118 valence electrons. The van der Waals surface area contributed by atoms with Gasteiger partial charge in [-0.1, -0.05) is 12.1 Å². The maximum Gasteiger partial charge on any atom is 0.229 e. The van der Waals surface area contributed by atoms with E-state index < -0.39 is 5.92 Å². The van der Waals surface area contributed by atoms with Gasteiger partial charge in [-0.15, -0.1) is 0 Å². The first kappa shape index (κ1) is 15.9. The van der Waals surface area contributed by atoms with E-state index in [0.29, 0.717) is 12.2 Å². The predicted molar refractivity (Wildman–Crippen MR) is 94.6 cm³/mol. The number of para-hydroxylation sites is 1. The van der Waals surface area contributed by atoms with Gasteiger partial charge < -0.3 is 10.2 Å². The van der Waals surface area contributed by atoms with Crippen LogP contribution in [-0.2, 0) is 9.59 Å². The Hall–Kier alpha value is -1.96. The van der Waals surface area contributed by atoms with Crippen molar-refractivity contribution in [3.63, 3.8) is 0 Å². The number of nitrogens with one attached hydrogen (secondary N) is 1. The first-order chi connectivity index (χ1) is 11.0. The molecule has 1 heterocycles. The molecule has 0 aromatic heterocycles. The summed E-state index contributed by atoms with van der Waals surface area (Å²) >= 11 is 2.15. The number of nitrogens with zero attached hydrogens (tertiary/aromatic N) is 1. The molecule has 2 amide bonds. The molecule has 1 fully saturated rings. The summed E-state index contributed by atoms with van der Waals surface area (Å²) in [6.45, 7) is 0.305. The fourth-order valence-corrected chi connectivity index (χ4v) is 3.07. The summed E-state index contributed by atoms with van der Waals surface area (Å²) in [6.07, 6.45) is 0.159. The van der Waals surface area contributed by atoms with Crippen molar-refractivity contribution in [3.8, 4) is 0 Å². The highest BCUT2D eigenvalue weighted by molar-refractivity contribution is 14.1. The SMILES string of the molecule is O=C(Nc1ccccc1I)[C@@H]1CC(=O)N(c2ccc(F)cc2)C1. The van der Waals surface area contributed by atoms with Crippen molar-refractivity contribution in [3.05, 3.63) is 57.9 Å². The largest absolute Gasteiger partial charge is 0.325 e. The van der Waals surface area contributed by atoms with Crippen LogP contribution in [0.4, 0.5) is 15.8 Å². The topological polar surface area (TPSA) is 49.4 Å². The highest BCUT2D eigenvalue weighted by Gasteiger charge is 2.35. The van der Waals surface area contributed by atoms with Crippen molar-refractivity contribution < 1.29 is 14.0 Å². The van der Waals surface area contributed by atoms with Gasteiger partial charge in [0, 0.05) is 22.2 Å². The van der Waals surface area contributed by atoms with Crippen LogP contribution in [0, 0.1) is 15.3 Å². The van der Waals surface area contributed by atoms with Crippen LogP contribution in [0.1, 0.15) is 6.42 Å². The maximum absolute atomic E-state index is 13.0. The van der Waals surface area contributed by atoms with Gasteiger partial charge in [0.15, 0.2) is 0 Å².